The minimum Gasteiger partial charge on any atom is -0.453 e. The maximum atomic E-state index is 10.9. The van der Waals surface area contributed by atoms with E-state index in [1.807, 2.05) is 12.1 Å². The summed E-state index contributed by atoms with van der Waals surface area (Å²) in [6.45, 7) is 0. The van der Waals surface area contributed by atoms with Crippen molar-refractivity contribution in [2.75, 3.05) is 12.4 Å². The molecule has 5 heteroatoms. The van der Waals surface area contributed by atoms with Crippen LogP contribution >= 0.6 is 0 Å². The zero-order chi connectivity index (χ0) is 9.97. The number of carbonyl (C=O) groups excluding carboxylic acids is 1. The van der Waals surface area contributed by atoms with Crippen molar-refractivity contribution in [1.29, 1.82) is 0 Å². The summed E-state index contributed by atoms with van der Waals surface area (Å²) in [5.41, 5.74) is 1.62. The highest BCUT2D eigenvalue weighted by Crippen LogP contribution is 2.16. The Balaban J connectivity index is 2.30. The molecule has 0 radical (unpaired) electrons. The van der Waals surface area contributed by atoms with Crippen LogP contribution in [0.15, 0.2) is 24.4 Å². The molecule has 5 nitrogen and oxygen atoms in total. The fourth-order valence-electron chi connectivity index (χ4n) is 1.19. The fourth-order valence-corrected chi connectivity index (χ4v) is 1.19. The van der Waals surface area contributed by atoms with Gasteiger partial charge in [-0.3, -0.25) is 10.4 Å². The molecule has 1 amide bonds. The lowest BCUT2D eigenvalue weighted by Gasteiger charge is -2.02. The molecular weight excluding hydrogens is 182 g/mol. The molecule has 14 heavy (non-hydrogen) atoms. The van der Waals surface area contributed by atoms with E-state index in [2.05, 4.69) is 20.3 Å². The number of ether oxygens (including phenoxy) is 1. The van der Waals surface area contributed by atoms with Gasteiger partial charge in [0, 0.05) is 11.1 Å². The maximum absolute atomic E-state index is 10.9. The zero-order valence-corrected chi connectivity index (χ0v) is 7.57. The zero-order valence-electron chi connectivity index (χ0n) is 7.57. The monoisotopic (exact) mass is 191 g/mol. The summed E-state index contributed by atoms with van der Waals surface area (Å²) in [5.74, 6) is 0. The predicted octanol–water partition coefficient (Wildman–Crippen LogP) is 1.74. The van der Waals surface area contributed by atoms with E-state index in [0.29, 0.717) is 5.69 Å². The van der Waals surface area contributed by atoms with Crippen LogP contribution < -0.4 is 5.32 Å². The highest BCUT2D eigenvalue weighted by Gasteiger charge is 2.01. The Kier molecular flexibility index (Phi) is 2.06. The molecule has 2 rings (SSSR count). The molecule has 1 aromatic carbocycles. The third-order valence-corrected chi connectivity index (χ3v) is 1.87. The number of anilines is 1. The number of H-pyrrole nitrogens is 1. The first kappa shape index (κ1) is 8.55. The molecule has 0 spiro atoms. The highest BCUT2D eigenvalue weighted by molar-refractivity contribution is 5.89. The van der Waals surface area contributed by atoms with E-state index >= 15 is 0 Å². The summed E-state index contributed by atoms with van der Waals surface area (Å²) in [5, 5.41) is 10.2. The van der Waals surface area contributed by atoms with E-state index in [0.717, 1.165) is 10.9 Å². The van der Waals surface area contributed by atoms with Gasteiger partial charge in [-0.2, -0.15) is 5.10 Å². The smallest absolute Gasteiger partial charge is 0.411 e. The van der Waals surface area contributed by atoms with Gasteiger partial charge in [0.1, 0.15) is 0 Å². The van der Waals surface area contributed by atoms with Crippen molar-refractivity contribution in [3.63, 3.8) is 0 Å². The second kappa shape index (κ2) is 3.37. The molecule has 0 aliphatic heterocycles. The third-order valence-electron chi connectivity index (χ3n) is 1.87. The molecule has 0 atom stereocenters. The Hall–Kier alpha value is -2.04. The van der Waals surface area contributed by atoms with Gasteiger partial charge in [-0.05, 0) is 18.2 Å². The molecule has 0 unspecified atom stereocenters. The van der Waals surface area contributed by atoms with Gasteiger partial charge >= 0.3 is 6.09 Å². The second-order valence-electron chi connectivity index (χ2n) is 2.79. The Bertz CT molecular complexity index is 464. The maximum Gasteiger partial charge on any atom is 0.411 e. The molecule has 0 bridgehead atoms. The molecule has 1 aromatic heterocycles. The Morgan fingerprint density at radius 2 is 2.43 bits per heavy atom. The molecular formula is C9H9N3O2. The minimum absolute atomic E-state index is 0.479. The number of amides is 1. The minimum atomic E-state index is -0.479. The number of hydrogen-bond acceptors (Lipinski definition) is 3. The van der Waals surface area contributed by atoms with Crippen molar-refractivity contribution in [3.8, 4) is 0 Å². The number of benzene rings is 1. The quantitative estimate of drug-likeness (QED) is 0.721. The Morgan fingerprint density at radius 3 is 3.21 bits per heavy atom. The number of nitrogens with one attached hydrogen (secondary N) is 2. The molecule has 0 saturated carbocycles. The molecule has 72 valence electrons. The van der Waals surface area contributed by atoms with E-state index in [4.69, 9.17) is 0 Å². The van der Waals surface area contributed by atoms with E-state index in [1.54, 1.807) is 12.3 Å². The second-order valence-corrected chi connectivity index (χ2v) is 2.79. The van der Waals surface area contributed by atoms with E-state index < -0.39 is 6.09 Å². The molecule has 2 N–H and O–H groups in total. The number of hydrogen-bond donors (Lipinski definition) is 2. The molecule has 0 saturated heterocycles. The number of nitrogens with zero attached hydrogens (tertiary/aromatic N) is 1. The van der Waals surface area contributed by atoms with Crippen LogP contribution in [0.5, 0.6) is 0 Å². The number of aromatic amines is 1. The molecule has 0 aliphatic carbocycles. The summed E-state index contributed by atoms with van der Waals surface area (Å²) in [6.07, 6.45) is 1.21. The van der Waals surface area contributed by atoms with Crippen LogP contribution in [-0.2, 0) is 4.74 Å². The average molecular weight is 191 g/mol. The molecule has 0 fully saturated rings. The van der Waals surface area contributed by atoms with Crippen LogP contribution in [0.2, 0.25) is 0 Å². The molecule has 2 aromatic rings. The fraction of sp³-hybridized carbons (Fsp3) is 0.111. The lowest BCUT2D eigenvalue weighted by Crippen LogP contribution is -2.10. The first-order valence-electron chi connectivity index (χ1n) is 4.08. The van der Waals surface area contributed by atoms with Gasteiger partial charge in [-0.1, -0.05) is 0 Å². The van der Waals surface area contributed by atoms with Crippen molar-refractivity contribution in [2.45, 2.75) is 0 Å². The van der Waals surface area contributed by atoms with Gasteiger partial charge in [0.05, 0.1) is 18.8 Å². The standard InChI is InChI=1S/C9H9N3O2/c1-14-9(13)11-7-2-3-8-6(4-7)5-10-12-8/h2-5H,1H3,(H,10,12)(H,11,13). The van der Waals surface area contributed by atoms with Crippen LogP contribution in [0, 0.1) is 0 Å². The van der Waals surface area contributed by atoms with Gasteiger partial charge < -0.3 is 4.74 Å². The van der Waals surface area contributed by atoms with Crippen molar-refractivity contribution in [1.82, 2.24) is 10.2 Å². The lowest BCUT2D eigenvalue weighted by atomic mass is 10.2. The van der Waals surface area contributed by atoms with E-state index in [9.17, 15) is 4.79 Å². The largest absolute Gasteiger partial charge is 0.453 e. The first-order valence-corrected chi connectivity index (χ1v) is 4.08. The Morgan fingerprint density at radius 1 is 1.57 bits per heavy atom. The average Bonchev–Trinajstić information content (AvgIpc) is 2.64. The number of fused-ring (bicyclic) bond motifs is 1. The van der Waals surface area contributed by atoms with Gasteiger partial charge in [0.2, 0.25) is 0 Å². The van der Waals surface area contributed by atoms with Crippen molar-refractivity contribution in [3.05, 3.63) is 24.4 Å². The number of rotatable bonds is 1. The summed E-state index contributed by atoms with van der Waals surface area (Å²) in [4.78, 5) is 10.9. The summed E-state index contributed by atoms with van der Waals surface area (Å²) in [6, 6.07) is 5.43. The van der Waals surface area contributed by atoms with Crippen molar-refractivity contribution < 1.29 is 9.53 Å². The SMILES string of the molecule is COC(=O)Nc1ccc2[nH]ncc2c1. The van der Waals surface area contributed by atoms with Crippen LogP contribution in [-0.4, -0.2) is 23.4 Å². The predicted molar refractivity (Wildman–Crippen MR) is 52.1 cm³/mol. The van der Waals surface area contributed by atoms with Gasteiger partial charge in [-0.15, -0.1) is 0 Å². The van der Waals surface area contributed by atoms with Gasteiger partial charge in [0.25, 0.3) is 0 Å². The summed E-state index contributed by atoms with van der Waals surface area (Å²) < 4.78 is 4.47. The van der Waals surface area contributed by atoms with Crippen molar-refractivity contribution >= 4 is 22.7 Å². The first-order chi connectivity index (χ1) is 6.79. The summed E-state index contributed by atoms with van der Waals surface area (Å²) in [7, 11) is 1.33. The van der Waals surface area contributed by atoms with Gasteiger partial charge in [0.15, 0.2) is 0 Å². The van der Waals surface area contributed by atoms with Crippen LogP contribution in [0.4, 0.5) is 10.5 Å². The van der Waals surface area contributed by atoms with Crippen LogP contribution in [0.3, 0.4) is 0 Å². The van der Waals surface area contributed by atoms with E-state index in [-0.39, 0.29) is 0 Å². The topological polar surface area (TPSA) is 67.0 Å². The highest BCUT2D eigenvalue weighted by atomic mass is 16.5. The molecule has 0 aliphatic rings. The Labute approximate surface area is 80.1 Å². The van der Waals surface area contributed by atoms with Crippen LogP contribution in [0.25, 0.3) is 10.9 Å². The number of carbonyl (C=O) groups is 1. The lowest BCUT2D eigenvalue weighted by molar-refractivity contribution is 0.187. The normalized spacial score (nSPS) is 10.1. The van der Waals surface area contributed by atoms with E-state index in [1.165, 1.54) is 7.11 Å². The van der Waals surface area contributed by atoms with Gasteiger partial charge in [-0.25, -0.2) is 4.79 Å². The van der Waals surface area contributed by atoms with Crippen molar-refractivity contribution in [2.24, 2.45) is 0 Å². The number of aromatic nitrogens is 2. The summed E-state index contributed by atoms with van der Waals surface area (Å²) >= 11 is 0. The third kappa shape index (κ3) is 1.52. The van der Waals surface area contributed by atoms with Crippen LogP contribution in [0.1, 0.15) is 0 Å². The number of methoxy groups -OCH3 is 1. The molecule has 1 heterocycles.